The summed E-state index contributed by atoms with van der Waals surface area (Å²) in [6.07, 6.45) is 1.33. The van der Waals surface area contributed by atoms with Crippen molar-refractivity contribution < 1.29 is 9.52 Å². The van der Waals surface area contributed by atoms with Crippen molar-refractivity contribution in [3.63, 3.8) is 0 Å². The fourth-order valence-corrected chi connectivity index (χ4v) is 2.15. The van der Waals surface area contributed by atoms with Crippen molar-refractivity contribution >= 4 is 22.9 Å². The van der Waals surface area contributed by atoms with Gasteiger partial charge in [-0.3, -0.25) is 0 Å². The fraction of sp³-hybridized carbons (Fsp3) is 0.111. The first kappa shape index (κ1) is 14.1. The largest absolute Gasteiger partial charge is 0.507 e. The van der Waals surface area contributed by atoms with Gasteiger partial charge in [0.05, 0.1) is 0 Å². The predicted octanol–water partition coefficient (Wildman–Crippen LogP) is 3.86. The van der Waals surface area contributed by atoms with Gasteiger partial charge in [0, 0.05) is 11.6 Å². The summed E-state index contributed by atoms with van der Waals surface area (Å²) in [4.78, 5) is 16.2. The molecule has 0 atom stereocenters. The Bertz CT molecular complexity index is 921. The van der Waals surface area contributed by atoms with Crippen LogP contribution < -0.4 is 5.63 Å². The number of rotatable bonds is 2. The third kappa shape index (κ3) is 2.76. The van der Waals surface area contributed by atoms with E-state index in [2.05, 4.69) is 4.98 Å². The van der Waals surface area contributed by atoms with Crippen molar-refractivity contribution in [2.75, 3.05) is 0 Å². The van der Waals surface area contributed by atoms with E-state index >= 15 is 0 Å². The maximum absolute atomic E-state index is 12.0. The van der Waals surface area contributed by atoms with Crippen LogP contribution in [0.1, 0.15) is 22.4 Å². The summed E-state index contributed by atoms with van der Waals surface area (Å²) >= 11 is 0. The average Bonchev–Trinajstić information content (AvgIpc) is 2.49. The molecular weight excluding hydrogens is 278 g/mol. The molecule has 0 saturated heterocycles. The Balaban J connectivity index is 2.07. The van der Waals surface area contributed by atoms with E-state index < -0.39 is 5.63 Å². The molecule has 4 nitrogen and oxygen atoms in total. The van der Waals surface area contributed by atoms with Crippen molar-refractivity contribution in [1.82, 2.24) is 4.98 Å². The third-order valence-electron chi connectivity index (χ3n) is 3.39. The van der Waals surface area contributed by atoms with E-state index in [1.807, 2.05) is 32.0 Å². The molecule has 110 valence electrons. The number of hydrogen-bond acceptors (Lipinski definition) is 4. The molecule has 0 radical (unpaired) electrons. The molecule has 0 bridgehead atoms. The Kier molecular flexibility index (Phi) is 3.51. The highest BCUT2D eigenvalue weighted by molar-refractivity contribution is 5.78. The number of fused-ring (bicyclic) bond motifs is 1. The molecule has 0 amide bonds. The van der Waals surface area contributed by atoms with Gasteiger partial charge >= 0.3 is 5.63 Å². The minimum atomic E-state index is -0.572. The van der Waals surface area contributed by atoms with E-state index in [0.29, 0.717) is 16.7 Å². The molecule has 1 N–H and O–H groups in total. The summed E-state index contributed by atoms with van der Waals surface area (Å²) < 4.78 is 5.26. The fourth-order valence-electron chi connectivity index (χ4n) is 2.15. The second-order valence-electron chi connectivity index (χ2n) is 5.25. The third-order valence-corrected chi connectivity index (χ3v) is 3.39. The van der Waals surface area contributed by atoms with Crippen LogP contribution in [0.5, 0.6) is 0 Å². The van der Waals surface area contributed by atoms with Crippen molar-refractivity contribution in [3.8, 4) is 0 Å². The number of aromatic nitrogens is 1. The maximum Gasteiger partial charge on any atom is 0.362 e. The summed E-state index contributed by atoms with van der Waals surface area (Å²) in [5, 5.41) is 10.1. The van der Waals surface area contributed by atoms with Gasteiger partial charge in [0.2, 0.25) is 0 Å². The van der Waals surface area contributed by atoms with Gasteiger partial charge in [-0.1, -0.05) is 35.9 Å². The molecule has 3 aromatic rings. The number of aryl methyl sites for hydroxylation is 2. The number of benzene rings is 2. The van der Waals surface area contributed by atoms with Crippen LogP contribution in [0, 0.1) is 13.8 Å². The molecule has 0 aliphatic rings. The predicted molar refractivity (Wildman–Crippen MR) is 86.7 cm³/mol. The molecule has 1 heterocycles. The van der Waals surface area contributed by atoms with Crippen molar-refractivity contribution in [2.24, 2.45) is 0 Å². The highest BCUT2D eigenvalue weighted by Gasteiger charge is 2.07. The Morgan fingerprint density at radius 1 is 1.09 bits per heavy atom. The Hall–Kier alpha value is -2.88. The minimum Gasteiger partial charge on any atom is -0.507 e. The Labute approximate surface area is 127 Å². The zero-order valence-electron chi connectivity index (χ0n) is 12.3. The van der Waals surface area contributed by atoms with Crippen LogP contribution in [0.3, 0.4) is 0 Å². The lowest BCUT2D eigenvalue weighted by molar-refractivity contribution is 0.514. The minimum absolute atomic E-state index is 0.0220. The molecule has 0 fully saturated rings. The summed E-state index contributed by atoms with van der Waals surface area (Å²) in [6, 6.07) is 12.8. The lowest BCUT2D eigenvalue weighted by Crippen LogP contribution is -2.06. The van der Waals surface area contributed by atoms with E-state index in [0.717, 1.165) is 11.1 Å². The Morgan fingerprint density at radius 2 is 1.77 bits per heavy atom. The highest BCUT2D eigenvalue weighted by atomic mass is 16.4. The zero-order chi connectivity index (χ0) is 15.7. The summed E-state index contributed by atoms with van der Waals surface area (Å²) in [6.45, 7) is 3.88. The van der Waals surface area contributed by atoms with Crippen LogP contribution in [-0.4, -0.2) is 10.1 Å². The van der Waals surface area contributed by atoms with Crippen LogP contribution in [0.25, 0.3) is 22.9 Å². The quantitative estimate of drug-likeness (QED) is 0.729. The maximum atomic E-state index is 12.0. The lowest BCUT2D eigenvalue weighted by atomic mass is 10.1. The molecular formula is C18H15NO3. The number of hydrogen-bond donors (Lipinski definition) is 1. The van der Waals surface area contributed by atoms with Crippen LogP contribution in [0.15, 0.2) is 51.7 Å². The van der Waals surface area contributed by atoms with Gasteiger partial charge in [-0.25, -0.2) is 9.78 Å². The van der Waals surface area contributed by atoms with Gasteiger partial charge in [0.15, 0.2) is 11.3 Å². The van der Waals surface area contributed by atoms with Crippen molar-refractivity contribution in [1.29, 1.82) is 0 Å². The van der Waals surface area contributed by atoms with Crippen molar-refractivity contribution in [3.05, 3.63) is 75.3 Å². The summed E-state index contributed by atoms with van der Waals surface area (Å²) in [5.41, 5.74) is 3.23. The normalized spacial score (nSPS) is 11.8. The monoisotopic (exact) mass is 293 g/mol. The molecule has 0 aliphatic heterocycles. The molecule has 0 spiro atoms. The average molecular weight is 293 g/mol. The van der Waals surface area contributed by atoms with E-state index in [1.54, 1.807) is 24.3 Å². The lowest BCUT2D eigenvalue weighted by Gasteiger charge is -2.02. The SMILES string of the molecule is Cc1ccc(/C(O)=C/c2nc3ccc(C)cc3oc2=O)cc1. The van der Waals surface area contributed by atoms with Crippen molar-refractivity contribution in [2.45, 2.75) is 13.8 Å². The van der Waals surface area contributed by atoms with Crippen LogP contribution >= 0.6 is 0 Å². The van der Waals surface area contributed by atoms with E-state index in [9.17, 15) is 9.90 Å². The van der Waals surface area contributed by atoms with Crippen LogP contribution in [-0.2, 0) is 0 Å². The first-order valence-corrected chi connectivity index (χ1v) is 6.92. The Morgan fingerprint density at radius 3 is 2.50 bits per heavy atom. The van der Waals surface area contributed by atoms with E-state index in [4.69, 9.17) is 4.42 Å². The number of aliphatic hydroxyl groups excluding tert-OH is 1. The molecule has 3 rings (SSSR count). The zero-order valence-corrected chi connectivity index (χ0v) is 12.3. The number of nitrogens with zero attached hydrogens (tertiary/aromatic N) is 1. The number of aliphatic hydroxyl groups is 1. The summed E-state index contributed by atoms with van der Waals surface area (Å²) in [7, 11) is 0. The topological polar surface area (TPSA) is 63.3 Å². The van der Waals surface area contributed by atoms with Gasteiger partial charge in [-0.05, 0) is 31.5 Å². The first-order valence-electron chi connectivity index (χ1n) is 6.92. The van der Waals surface area contributed by atoms with Gasteiger partial charge in [-0.2, -0.15) is 0 Å². The van der Waals surface area contributed by atoms with Gasteiger partial charge in [0.25, 0.3) is 0 Å². The molecule has 0 saturated carbocycles. The second kappa shape index (κ2) is 5.48. The van der Waals surface area contributed by atoms with E-state index in [1.165, 1.54) is 6.08 Å². The van der Waals surface area contributed by atoms with Gasteiger partial charge in [-0.15, -0.1) is 0 Å². The van der Waals surface area contributed by atoms with Crippen LogP contribution in [0.2, 0.25) is 0 Å². The van der Waals surface area contributed by atoms with Gasteiger partial charge in [0.1, 0.15) is 11.3 Å². The molecule has 2 aromatic carbocycles. The molecule has 0 aliphatic carbocycles. The molecule has 1 aromatic heterocycles. The van der Waals surface area contributed by atoms with E-state index in [-0.39, 0.29) is 11.5 Å². The standard InChI is InChI=1S/C18H15NO3/c1-11-3-6-13(7-4-11)16(20)10-15-18(21)22-17-9-12(2)5-8-14(17)19-15/h3-10,20H,1-2H3/b16-10-. The molecule has 0 unspecified atom stereocenters. The first-order chi connectivity index (χ1) is 10.5. The van der Waals surface area contributed by atoms with Gasteiger partial charge < -0.3 is 9.52 Å². The smallest absolute Gasteiger partial charge is 0.362 e. The van der Waals surface area contributed by atoms with Crippen LogP contribution in [0.4, 0.5) is 0 Å². The summed E-state index contributed by atoms with van der Waals surface area (Å²) in [5.74, 6) is -0.0220. The second-order valence-corrected chi connectivity index (χ2v) is 5.25. The highest BCUT2D eigenvalue weighted by Crippen LogP contribution is 2.16. The molecule has 4 heteroatoms. The molecule has 22 heavy (non-hydrogen) atoms.